The van der Waals surface area contributed by atoms with Gasteiger partial charge in [-0.3, -0.25) is 4.79 Å². The van der Waals surface area contributed by atoms with Crippen LogP contribution < -0.4 is 16.0 Å². The number of carbonyl (C=O) groups is 1. The molecule has 8 bridgehead atoms. The third-order valence-corrected chi connectivity index (χ3v) is 6.38. The number of nitrogens with one attached hydrogen (secondary N) is 4. The summed E-state index contributed by atoms with van der Waals surface area (Å²) in [6, 6.07) is 5.37. The fourth-order valence-electron chi connectivity index (χ4n) is 4.67. The lowest BCUT2D eigenvalue weighted by Crippen LogP contribution is -2.30. The van der Waals surface area contributed by atoms with E-state index in [1.807, 2.05) is 0 Å². The Kier molecular flexibility index (Phi) is 5.69. The van der Waals surface area contributed by atoms with Gasteiger partial charge in [0.2, 0.25) is 5.95 Å². The lowest BCUT2D eigenvalue weighted by Gasteiger charge is -2.17. The molecule has 7 nitrogen and oxygen atoms in total. The van der Waals surface area contributed by atoms with Crippen molar-refractivity contribution >= 4 is 22.8 Å². The largest absolute Gasteiger partial charge is 0.419 e. The molecule has 0 saturated heterocycles. The monoisotopic (exact) mass is 458 g/mol. The van der Waals surface area contributed by atoms with Crippen LogP contribution in [-0.2, 0) is 6.18 Å². The van der Waals surface area contributed by atoms with Crippen LogP contribution in [0.2, 0.25) is 0 Å². The highest BCUT2D eigenvalue weighted by Crippen LogP contribution is 2.39. The number of nitrogens with zero attached hydrogens (tertiary/aromatic N) is 2. The first-order chi connectivity index (χ1) is 15.9. The Labute approximate surface area is 188 Å². The fraction of sp³-hybridized carbons (Fsp3) is 0.435. The van der Waals surface area contributed by atoms with Crippen LogP contribution >= 0.6 is 0 Å². The van der Waals surface area contributed by atoms with Crippen molar-refractivity contribution < 1.29 is 18.0 Å². The number of benzene rings is 1. The van der Waals surface area contributed by atoms with Crippen LogP contribution in [0.3, 0.4) is 0 Å². The lowest BCUT2D eigenvalue weighted by atomic mass is 10.0. The molecule has 1 aliphatic carbocycles. The predicted molar refractivity (Wildman–Crippen MR) is 119 cm³/mol. The minimum Gasteiger partial charge on any atom is -0.360 e. The molecule has 0 unspecified atom stereocenters. The Morgan fingerprint density at radius 1 is 1.06 bits per heavy atom. The number of rotatable bonds is 0. The maximum atomic E-state index is 13.8. The molecule has 2 atom stereocenters. The number of H-pyrrole nitrogens is 1. The van der Waals surface area contributed by atoms with Crippen molar-refractivity contribution in [1.29, 1.82) is 0 Å². The molecule has 0 spiro atoms. The van der Waals surface area contributed by atoms with Crippen LogP contribution in [-0.4, -0.2) is 46.0 Å². The van der Waals surface area contributed by atoms with E-state index in [0.717, 1.165) is 44.8 Å². The van der Waals surface area contributed by atoms with Crippen molar-refractivity contribution in [2.75, 3.05) is 18.4 Å². The summed E-state index contributed by atoms with van der Waals surface area (Å²) in [5, 5.41) is 10.2. The smallest absolute Gasteiger partial charge is 0.360 e. The van der Waals surface area contributed by atoms with Crippen LogP contribution in [0.5, 0.6) is 0 Å². The van der Waals surface area contributed by atoms with E-state index in [4.69, 9.17) is 0 Å². The summed E-state index contributed by atoms with van der Waals surface area (Å²) in [5.74, 6) is -0.0195. The molecule has 174 valence electrons. The van der Waals surface area contributed by atoms with Crippen molar-refractivity contribution in [3.05, 3.63) is 41.7 Å². The van der Waals surface area contributed by atoms with Gasteiger partial charge < -0.3 is 20.9 Å². The van der Waals surface area contributed by atoms with Crippen LogP contribution in [0.15, 0.2) is 30.6 Å². The maximum absolute atomic E-state index is 13.8. The summed E-state index contributed by atoms with van der Waals surface area (Å²) < 4.78 is 41.4. The van der Waals surface area contributed by atoms with Crippen LogP contribution in [0.1, 0.15) is 48.0 Å². The molecule has 1 aromatic carbocycles. The normalized spacial score (nSPS) is 22.0. The van der Waals surface area contributed by atoms with Gasteiger partial charge in [0.25, 0.3) is 5.91 Å². The Morgan fingerprint density at radius 2 is 1.88 bits per heavy atom. The predicted octanol–water partition coefficient (Wildman–Crippen LogP) is 4.09. The Morgan fingerprint density at radius 3 is 2.73 bits per heavy atom. The minimum absolute atomic E-state index is 0.0963. The van der Waals surface area contributed by atoms with Crippen molar-refractivity contribution in [2.45, 2.75) is 50.4 Å². The molecule has 1 amide bonds. The third-order valence-electron chi connectivity index (χ3n) is 6.38. The number of halogens is 3. The summed E-state index contributed by atoms with van der Waals surface area (Å²) in [4.78, 5) is 23.8. The van der Waals surface area contributed by atoms with Crippen molar-refractivity contribution in [2.24, 2.45) is 0 Å². The van der Waals surface area contributed by atoms with Gasteiger partial charge >= 0.3 is 6.18 Å². The molecule has 3 aromatic rings. The number of anilines is 1. The van der Waals surface area contributed by atoms with Gasteiger partial charge in [0.05, 0.1) is 5.69 Å². The van der Waals surface area contributed by atoms with Crippen molar-refractivity contribution in [1.82, 2.24) is 25.6 Å². The molecule has 4 N–H and O–H groups in total. The van der Waals surface area contributed by atoms with E-state index in [1.165, 1.54) is 6.20 Å². The molecular formula is C23H25F3N6O. The van der Waals surface area contributed by atoms with Crippen LogP contribution in [0.4, 0.5) is 19.1 Å². The zero-order valence-electron chi connectivity index (χ0n) is 17.9. The van der Waals surface area contributed by atoms with E-state index in [1.54, 1.807) is 18.2 Å². The second-order valence-corrected chi connectivity index (χ2v) is 8.68. The number of alkyl halides is 3. The molecule has 2 aromatic heterocycles. The summed E-state index contributed by atoms with van der Waals surface area (Å²) in [7, 11) is 0. The SMILES string of the molecule is O=C1NCCCCN[C@H]2CC[C@@H](C2)Nc2ncc(C(F)(F)F)c(n2)-c2c[nH]c3cc1ccc23. The standard InChI is InChI=1S/C23H25F3N6O/c24-23(25,26)18-12-30-22-31-15-5-4-14(10-15)27-7-1-2-8-28-21(33)13-3-6-16-17(20(18)32-22)11-29-19(16)9-13/h3,6,9,11-12,14-15,27,29H,1-2,4-5,7-8,10H2,(H,28,33)(H,30,31,32)/t14-,15-/m0/s1. The molecule has 3 aliphatic rings. The minimum atomic E-state index is -4.60. The third kappa shape index (κ3) is 4.52. The first-order valence-corrected chi connectivity index (χ1v) is 11.2. The molecular weight excluding hydrogens is 433 g/mol. The Hall–Kier alpha value is -3.14. The number of aromatic amines is 1. The molecule has 2 aliphatic heterocycles. The van der Waals surface area contributed by atoms with Gasteiger partial charge in [-0.1, -0.05) is 6.07 Å². The first kappa shape index (κ1) is 21.7. The average Bonchev–Trinajstić information content (AvgIpc) is 3.40. The van der Waals surface area contributed by atoms with E-state index in [0.29, 0.717) is 34.6 Å². The number of amides is 1. The van der Waals surface area contributed by atoms with Gasteiger partial charge in [-0.2, -0.15) is 13.2 Å². The van der Waals surface area contributed by atoms with Crippen molar-refractivity contribution in [3.8, 4) is 11.3 Å². The van der Waals surface area contributed by atoms with Gasteiger partial charge in [-0.25, -0.2) is 9.97 Å². The average molecular weight is 458 g/mol. The number of aromatic nitrogens is 3. The van der Waals surface area contributed by atoms with Crippen molar-refractivity contribution in [3.63, 3.8) is 0 Å². The first-order valence-electron chi connectivity index (χ1n) is 11.2. The lowest BCUT2D eigenvalue weighted by molar-refractivity contribution is -0.137. The van der Waals surface area contributed by atoms with E-state index in [9.17, 15) is 18.0 Å². The molecule has 33 heavy (non-hydrogen) atoms. The summed E-state index contributed by atoms with van der Waals surface area (Å²) in [5.41, 5.74) is 0.255. The highest BCUT2D eigenvalue weighted by atomic mass is 19.4. The van der Waals surface area contributed by atoms with Gasteiger partial charge in [0.15, 0.2) is 0 Å². The topological polar surface area (TPSA) is 94.7 Å². The quantitative estimate of drug-likeness (QED) is 0.407. The molecule has 10 heteroatoms. The van der Waals surface area contributed by atoms with Crippen LogP contribution in [0.25, 0.3) is 22.2 Å². The highest BCUT2D eigenvalue weighted by Gasteiger charge is 2.36. The molecule has 0 radical (unpaired) electrons. The van der Waals surface area contributed by atoms with Crippen LogP contribution in [0, 0.1) is 0 Å². The number of hydrogen-bond donors (Lipinski definition) is 4. The zero-order chi connectivity index (χ0) is 23.0. The van der Waals surface area contributed by atoms with E-state index in [2.05, 4.69) is 30.9 Å². The highest BCUT2D eigenvalue weighted by molar-refractivity contribution is 6.01. The molecule has 1 fully saturated rings. The zero-order valence-corrected chi connectivity index (χ0v) is 17.9. The number of fused-ring (bicyclic) bond motifs is 7. The van der Waals surface area contributed by atoms with Gasteiger partial charge in [0, 0.05) is 53.1 Å². The maximum Gasteiger partial charge on any atom is 0.419 e. The number of carbonyl (C=O) groups excluding carboxylic acids is 1. The number of hydrogen-bond acceptors (Lipinski definition) is 5. The van der Waals surface area contributed by atoms with Gasteiger partial charge in [0.1, 0.15) is 5.56 Å². The summed E-state index contributed by atoms with van der Waals surface area (Å²) >= 11 is 0. The molecule has 1 saturated carbocycles. The second kappa shape index (κ2) is 8.66. The summed E-state index contributed by atoms with van der Waals surface area (Å²) in [6.45, 7) is 1.42. The van der Waals surface area contributed by atoms with E-state index >= 15 is 0 Å². The molecule has 6 rings (SSSR count). The van der Waals surface area contributed by atoms with Gasteiger partial charge in [-0.05, 0) is 50.8 Å². The van der Waals surface area contributed by atoms with E-state index in [-0.39, 0.29) is 23.6 Å². The Bertz CT molecular complexity index is 1170. The molecule has 4 heterocycles. The second-order valence-electron chi connectivity index (χ2n) is 8.68. The Balaban J connectivity index is 1.58. The van der Waals surface area contributed by atoms with E-state index < -0.39 is 11.7 Å². The summed E-state index contributed by atoms with van der Waals surface area (Å²) in [6.07, 6.45) is 2.28. The fourth-order valence-corrected chi connectivity index (χ4v) is 4.67. The van der Waals surface area contributed by atoms with Gasteiger partial charge in [-0.15, -0.1) is 0 Å².